The third-order valence-electron chi connectivity index (χ3n) is 3.01. The van der Waals surface area contributed by atoms with E-state index in [4.69, 9.17) is 4.74 Å². The minimum absolute atomic E-state index is 0.0722. The predicted molar refractivity (Wildman–Crippen MR) is 85.7 cm³/mol. The van der Waals surface area contributed by atoms with Crippen molar-refractivity contribution in [1.82, 2.24) is 5.32 Å². The lowest BCUT2D eigenvalue weighted by molar-refractivity contribution is 0.405. The molecule has 2 nitrogen and oxygen atoms in total. The monoisotopic (exact) mass is 383 g/mol. The first-order valence-corrected chi connectivity index (χ1v) is 7.51. The van der Waals surface area contributed by atoms with Crippen LogP contribution in [0.3, 0.4) is 0 Å². The highest BCUT2D eigenvalue weighted by Gasteiger charge is 2.18. The summed E-state index contributed by atoms with van der Waals surface area (Å²) in [4.78, 5) is 0. The molecule has 0 heterocycles. The average molecular weight is 385 g/mol. The van der Waals surface area contributed by atoms with Crippen LogP contribution in [0.2, 0.25) is 0 Å². The lowest BCUT2D eigenvalue weighted by Gasteiger charge is -2.21. The molecule has 0 saturated heterocycles. The van der Waals surface area contributed by atoms with Gasteiger partial charge in [0.15, 0.2) is 0 Å². The Labute approximate surface area is 130 Å². The summed E-state index contributed by atoms with van der Waals surface area (Å²) in [7, 11) is 3.64. The Morgan fingerprint density at radius 3 is 2.42 bits per heavy atom. The molecule has 4 heteroatoms. The van der Waals surface area contributed by atoms with Crippen molar-refractivity contribution in [2.45, 2.75) is 6.04 Å². The average Bonchev–Trinajstić information content (AvgIpc) is 2.42. The highest BCUT2D eigenvalue weighted by atomic mass is 79.9. The number of ether oxygens (including phenoxy) is 1. The molecule has 1 atom stereocenters. The molecule has 0 aliphatic heterocycles. The summed E-state index contributed by atoms with van der Waals surface area (Å²) in [5.41, 5.74) is 2.28. The van der Waals surface area contributed by atoms with Crippen molar-refractivity contribution in [3.8, 4) is 5.75 Å². The van der Waals surface area contributed by atoms with E-state index in [0.29, 0.717) is 0 Å². The second-order valence-corrected chi connectivity index (χ2v) is 5.90. The molecule has 2 aromatic rings. The van der Waals surface area contributed by atoms with Gasteiger partial charge in [0.25, 0.3) is 0 Å². The Bertz CT molecular complexity index is 572. The normalized spacial score (nSPS) is 12.2. The largest absolute Gasteiger partial charge is 0.496 e. The molecule has 0 radical (unpaired) electrons. The standard InChI is InChI=1S/C15H15Br2NO/c1-18-15(11-5-3-4-6-13(11)17)12-9-10(16)7-8-14(12)19-2/h3-9,15,18H,1-2H3. The Kier molecular flexibility index (Phi) is 5.02. The number of rotatable bonds is 4. The molecule has 1 unspecified atom stereocenters. The van der Waals surface area contributed by atoms with Gasteiger partial charge in [-0.1, -0.05) is 50.1 Å². The summed E-state index contributed by atoms with van der Waals surface area (Å²) in [5, 5.41) is 3.35. The van der Waals surface area contributed by atoms with E-state index in [2.05, 4.69) is 49.3 Å². The van der Waals surface area contributed by atoms with E-state index < -0.39 is 0 Å². The van der Waals surface area contributed by atoms with Crippen LogP contribution in [0.4, 0.5) is 0 Å². The summed E-state index contributed by atoms with van der Waals surface area (Å²) in [6.07, 6.45) is 0. The molecule has 0 bridgehead atoms. The van der Waals surface area contributed by atoms with Crippen molar-refractivity contribution in [1.29, 1.82) is 0 Å². The Morgan fingerprint density at radius 1 is 1.05 bits per heavy atom. The van der Waals surface area contributed by atoms with Crippen LogP contribution in [-0.4, -0.2) is 14.2 Å². The van der Waals surface area contributed by atoms with Gasteiger partial charge in [0, 0.05) is 14.5 Å². The molecule has 0 fully saturated rings. The van der Waals surface area contributed by atoms with Crippen LogP contribution in [0.25, 0.3) is 0 Å². The van der Waals surface area contributed by atoms with Gasteiger partial charge in [-0.3, -0.25) is 0 Å². The van der Waals surface area contributed by atoms with Crippen LogP contribution in [0.15, 0.2) is 51.4 Å². The fourth-order valence-electron chi connectivity index (χ4n) is 2.12. The van der Waals surface area contributed by atoms with Crippen LogP contribution >= 0.6 is 31.9 Å². The second-order valence-electron chi connectivity index (χ2n) is 4.13. The van der Waals surface area contributed by atoms with E-state index in [1.54, 1.807) is 7.11 Å². The van der Waals surface area contributed by atoms with Crippen LogP contribution in [0.1, 0.15) is 17.2 Å². The van der Waals surface area contributed by atoms with Gasteiger partial charge in [-0.05, 0) is 36.9 Å². The van der Waals surface area contributed by atoms with Crippen molar-refractivity contribution in [3.63, 3.8) is 0 Å². The quantitative estimate of drug-likeness (QED) is 0.836. The van der Waals surface area contributed by atoms with Gasteiger partial charge in [-0.15, -0.1) is 0 Å². The van der Waals surface area contributed by atoms with Gasteiger partial charge >= 0.3 is 0 Å². The van der Waals surface area contributed by atoms with Crippen molar-refractivity contribution >= 4 is 31.9 Å². The van der Waals surface area contributed by atoms with Crippen LogP contribution < -0.4 is 10.1 Å². The topological polar surface area (TPSA) is 21.3 Å². The zero-order chi connectivity index (χ0) is 13.8. The van der Waals surface area contributed by atoms with Gasteiger partial charge in [0.05, 0.1) is 13.2 Å². The van der Waals surface area contributed by atoms with Crippen molar-refractivity contribution in [2.75, 3.05) is 14.2 Å². The molecule has 0 aliphatic rings. The Morgan fingerprint density at radius 2 is 1.79 bits per heavy atom. The molecule has 0 aliphatic carbocycles. The summed E-state index contributed by atoms with van der Waals surface area (Å²) >= 11 is 7.13. The summed E-state index contributed by atoms with van der Waals surface area (Å²) in [5.74, 6) is 0.873. The highest BCUT2D eigenvalue weighted by Crippen LogP contribution is 2.35. The van der Waals surface area contributed by atoms with E-state index in [-0.39, 0.29) is 6.04 Å². The third kappa shape index (κ3) is 3.19. The highest BCUT2D eigenvalue weighted by molar-refractivity contribution is 9.10. The first-order valence-electron chi connectivity index (χ1n) is 5.92. The van der Waals surface area contributed by atoms with Crippen LogP contribution in [0, 0.1) is 0 Å². The van der Waals surface area contributed by atoms with Gasteiger partial charge in [-0.25, -0.2) is 0 Å². The van der Waals surface area contributed by atoms with E-state index in [1.807, 2.05) is 37.4 Å². The maximum Gasteiger partial charge on any atom is 0.124 e. The molecule has 0 aromatic heterocycles. The molecule has 2 aromatic carbocycles. The minimum atomic E-state index is 0.0722. The zero-order valence-corrected chi connectivity index (χ0v) is 14.0. The number of benzene rings is 2. The minimum Gasteiger partial charge on any atom is -0.496 e. The van der Waals surface area contributed by atoms with Gasteiger partial charge in [0.2, 0.25) is 0 Å². The van der Waals surface area contributed by atoms with Crippen molar-refractivity contribution < 1.29 is 4.74 Å². The first-order chi connectivity index (χ1) is 9.17. The number of methoxy groups -OCH3 is 1. The molecule has 1 N–H and O–H groups in total. The third-order valence-corrected chi connectivity index (χ3v) is 4.22. The zero-order valence-electron chi connectivity index (χ0n) is 10.8. The molecule has 100 valence electrons. The predicted octanol–water partition coefficient (Wildman–Crippen LogP) is 4.53. The van der Waals surface area contributed by atoms with Crippen LogP contribution in [0.5, 0.6) is 5.75 Å². The number of halogens is 2. The number of hydrogen-bond donors (Lipinski definition) is 1. The fraction of sp³-hybridized carbons (Fsp3) is 0.200. The lowest BCUT2D eigenvalue weighted by atomic mass is 9.98. The molecule has 0 spiro atoms. The molecule has 2 rings (SSSR count). The van der Waals surface area contributed by atoms with Gasteiger partial charge in [-0.2, -0.15) is 0 Å². The molecule has 0 amide bonds. The van der Waals surface area contributed by atoms with Gasteiger partial charge in [0.1, 0.15) is 5.75 Å². The lowest BCUT2D eigenvalue weighted by Crippen LogP contribution is -2.19. The van der Waals surface area contributed by atoms with Crippen molar-refractivity contribution in [2.24, 2.45) is 0 Å². The van der Waals surface area contributed by atoms with E-state index >= 15 is 0 Å². The smallest absolute Gasteiger partial charge is 0.124 e. The summed E-state index contributed by atoms with van der Waals surface area (Å²) in [6.45, 7) is 0. The molecule has 19 heavy (non-hydrogen) atoms. The van der Waals surface area contributed by atoms with Crippen LogP contribution in [-0.2, 0) is 0 Å². The van der Waals surface area contributed by atoms with E-state index in [9.17, 15) is 0 Å². The Balaban J connectivity index is 2.54. The van der Waals surface area contributed by atoms with E-state index in [1.165, 1.54) is 5.56 Å². The molecular weight excluding hydrogens is 370 g/mol. The molecular formula is C15H15Br2NO. The maximum atomic E-state index is 5.47. The summed E-state index contributed by atoms with van der Waals surface area (Å²) in [6, 6.07) is 14.3. The SMILES string of the molecule is CNC(c1ccccc1Br)c1cc(Br)ccc1OC. The fourth-order valence-corrected chi connectivity index (χ4v) is 3.01. The van der Waals surface area contributed by atoms with Crippen molar-refractivity contribution in [3.05, 3.63) is 62.5 Å². The summed E-state index contributed by atoms with van der Waals surface area (Å²) < 4.78 is 7.59. The Hall–Kier alpha value is -0.840. The number of hydrogen-bond acceptors (Lipinski definition) is 2. The molecule has 0 saturated carbocycles. The first kappa shape index (κ1) is 14.6. The number of nitrogens with one attached hydrogen (secondary N) is 1. The second kappa shape index (κ2) is 6.55. The van der Waals surface area contributed by atoms with E-state index in [0.717, 1.165) is 20.3 Å². The maximum absolute atomic E-state index is 5.47. The van der Waals surface area contributed by atoms with Gasteiger partial charge < -0.3 is 10.1 Å².